The van der Waals surface area contributed by atoms with Crippen LogP contribution in [-0.4, -0.2) is 29.2 Å². The van der Waals surface area contributed by atoms with Crippen molar-refractivity contribution in [2.75, 3.05) is 6.54 Å². The van der Waals surface area contributed by atoms with E-state index in [1.165, 1.54) is 6.07 Å². The van der Waals surface area contributed by atoms with Crippen molar-refractivity contribution < 1.29 is 22.8 Å². The molecule has 0 saturated heterocycles. The highest BCUT2D eigenvalue weighted by Gasteiger charge is 2.39. The number of hydrogen-bond acceptors (Lipinski definition) is 4. The van der Waals surface area contributed by atoms with E-state index in [4.69, 9.17) is 4.42 Å². The van der Waals surface area contributed by atoms with Crippen LogP contribution in [0.15, 0.2) is 15.3 Å². The fourth-order valence-electron chi connectivity index (χ4n) is 2.46. The zero-order valence-corrected chi connectivity index (χ0v) is 12.4. The van der Waals surface area contributed by atoms with E-state index in [9.17, 15) is 23.2 Å². The van der Waals surface area contributed by atoms with Crippen LogP contribution in [0.3, 0.4) is 0 Å². The number of aryl methyl sites for hydroxylation is 1. The largest absolute Gasteiger partial charge is 0.426 e. The van der Waals surface area contributed by atoms with Crippen LogP contribution in [0, 0.1) is 0 Å². The molecular weight excluding hydrogens is 296 g/mol. The highest BCUT2D eigenvalue weighted by Crippen LogP contribution is 2.26. The fourth-order valence-corrected chi connectivity index (χ4v) is 2.46. The highest BCUT2D eigenvalue weighted by molar-refractivity contribution is 6.09. The second-order valence-corrected chi connectivity index (χ2v) is 5.52. The van der Waals surface area contributed by atoms with Gasteiger partial charge in [0.2, 0.25) is 5.91 Å². The van der Waals surface area contributed by atoms with Gasteiger partial charge in [-0.05, 0) is 18.4 Å². The third-order valence-electron chi connectivity index (χ3n) is 3.42. The minimum atomic E-state index is -3.18. The number of hydrogen-bond donors (Lipinski definition) is 0. The topological polar surface area (TPSA) is 67.6 Å². The molecule has 1 aromatic rings. The molecule has 22 heavy (non-hydrogen) atoms. The van der Waals surface area contributed by atoms with Gasteiger partial charge in [0.1, 0.15) is 5.76 Å². The van der Waals surface area contributed by atoms with Crippen LogP contribution in [-0.2, 0) is 17.6 Å². The summed E-state index contributed by atoms with van der Waals surface area (Å²) in [5.74, 6) is -4.80. The molecule has 2 amide bonds. The molecule has 5 nitrogen and oxygen atoms in total. The van der Waals surface area contributed by atoms with Gasteiger partial charge in [-0.2, -0.15) is 0 Å². The molecule has 0 atom stereocenters. The lowest BCUT2D eigenvalue weighted by Gasteiger charge is -2.29. The van der Waals surface area contributed by atoms with E-state index in [1.54, 1.807) is 0 Å². The molecule has 120 valence electrons. The van der Waals surface area contributed by atoms with Gasteiger partial charge in [-0.3, -0.25) is 14.5 Å². The molecule has 2 rings (SSSR count). The quantitative estimate of drug-likeness (QED) is 0.781. The normalized spacial score (nSPS) is 15.2. The van der Waals surface area contributed by atoms with Crippen LogP contribution in [0.25, 0.3) is 0 Å². The Hall–Kier alpha value is -2.05. The molecule has 7 heteroatoms. The molecule has 0 N–H and O–H groups in total. The van der Waals surface area contributed by atoms with E-state index < -0.39 is 29.9 Å². The smallest absolute Gasteiger partial charge is 0.336 e. The van der Waals surface area contributed by atoms with Crippen molar-refractivity contribution in [3.05, 3.63) is 33.4 Å². The van der Waals surface area contributed by atoms with Crippen molar-refractivity contribution >= 4 is 11.8 Å². The number of unbranched alkanes of at least 4 members (excludes halogenated alkanes) is 1. The van der Waals surface area contributed by atoms with Crippen LogP contribution in [0.1, 0.15) is 48.4 Å². The lowest BCUT2D eigenvalue weighted by atomic mass is 9.96. The van der Waals surface area contributed by atoms with Gasteiger partial charge in [0.05, 0.1) is 18.5 Å². The average molecular weight is 313 g/mol. The Morgan fingerprint density at radius 2 is 2.00 bits per heavy atom. The summed E-state index contributed by atoms with van der Waals surface area (Å²) in [7, 11) is 0. The Morgan fingerprint density at radius 3 is 2.59 bits per heavy atom. The van der Waals surface area contributed by atoms with E-state index in [0.29, 0.717) is 23.8 Å². The molecule has 0 aliphatic carbocycles. The van der Waals surface area contributed by atoms with Crippen molar-refractivity contribution in [2.24, 2.45) is 0 Å². The average Bonchev–Trinajstić information content (AvgIpc) is 2.39. The molecule has 2 heterocycles. The number of fused-ring (bicyclic) bond motifs is 1. The monoisotopic (exact) mass is 313 g/mol. The van der Waals surface area contributed by atoms with E-state index in [1.807, 2.05) is 6.92 Å². The maximum Gasteiger partial charge on any atom is 0.336 e. The molecule has 0 bridgehead atoms. The SMILES string of the molecule is CCCCc1cc(=O)oc2c1C(=O)N(CC(C)(F)F)C(=O)C2. The second-order valence-electron chi connectivity index (χ2n) is 5.52. The second kappa shape index (κ2) is 5.98. The number of carbonyl (C=O) groups is 2. The van der Waals surface area contributed by atoms with Gasteiger partial charge in [0, 0.05) is 13.0 Å². The van der Waals surface area contributed by atoms with Crippen molar-refractivity contribution in [1.82, 2.24) is 4.90 Å². The Balaban J connectivity index is 2.46. The summed E-state index contributed by atoms with van der Waals surface area (Å²) in [5, 5.41) is 0. The molecule has 0 saturated carbocycles. The van der Waals surface area contributed by atoms with E-state index in [0.717, 1.165) is 12.8 Å². The summed E-state index contributed by atoms with van der Waals surface area (Å²) in [6.07, 6.45) is 1.69. The summed E-state index contributed by atoms with van der Waals surface area (Å²) in [6, 6.07) is 1.20. The van der Waals surface area contributed by atoms with Crippen LogP contribution in [0.4, 0.5) is 8.78 Å². The Kier molecular flexibility index (Phi) is 4.44. The van der Waals surface area contributed by atoms with Crippen LogP contribution in [0.2, 0.25) is 0 Å². The molecule has 1 aliphatic heterocycles. The third kappa shape index (κ3) is 3.40. The van der Waals surface area contributed by atoms with Crippen molar-refractivity contribution in [3.63, 3.8) is 0 Å². The lowest BCUT2D eigenvalue weighted by Crippen LogP contribution is -2.48. The first-order valence-electron chi connectivity index (χ1n) is 7.11. The highest BCUT2D eigenvalue weighted by atomic mass is 19.3. The Labute approximate surface area is 125 Å². The first kappa shape index (κ1) is 16.3. The van der Waals surface area contributed by atoms with Gasteiger partial charge >= 0.3 is 5.63 Å². The molecule has 0 fully saturated rings. The molecular formula is C15H17F2NO4. The van der Waals surface area contributed by atoms with Crippen molar-refractivity contribution in [2.45, 2.75) is 45.5 Å². The number of alkyl halides is 2. The van der Waals surface area contributed by atoms with E-state index in [-0.39, 0.29) is 17.7 Å². The fraction of sp³-hybridized carbons (Fsp3) is 0.533. The number of amides is 2. The molecule has 1 aromatic heterocycles. The first-order chi connectivity index (χ1) is 10.2. The number of rotatable bonds is 5. The van der Waals surface area contributed by atoms with Crippen LogP contribution in [0.5, 0.6) is 0 Å². The summed E-state index contributed by atoms with van der Waals surface area (Å²) >= 11 is 0. The minimum absolute atomic E-state index is 0.0238. The zero-order chi connectivity index (χ0) is 16.5. The van der Waals surface area contributed by atoms with Gasteiger partial charge in [-0.25, -0.2) is 13.6 Å². The van der Waals surface area contributed by atoms with Gasteiger partial charge in [0.15, 0.2) is 0 Å². The standard InChI is InChI=1S/C15H17F2NO4/c1-3-4-5-9-6-12(20)22-10-7-11(19)18(8-15(2,16)17)14(21)13(9)10/h6H,3-5,7-8H2,1-2H3. The van der Waals surface area contributed by atoms with Gasteiger partial charge < -0.3 is 4.42 Å². The van der Waals surface area contributed by atoms with Crippen molar-refractivity contribution in [3.8, 4) is 0 Å². The number of halogens is 2. The van der Waals surface area contributed by atoms with E-state index >= 15 is 0 Å². The Morgan fingerprint density at radius 1 is 1.32 bits per heavy atom. The number of imide groups is 1. The van der Waals surface area contributed by atoms with Crippen LogP contribution < -0.4 is 5.63 Å². The first-order valence-corrected chi connectivity index (χ1v) is 7.11. The third-order valence-corrected chi connectivity index (χ3v) is 3.42. The molecule has 0 aromatic carbocycles. The van der Waals surface area contributed by atoms with Crippen molar-refractivity contribution in [1.29, 1.82) is 0 Å². The van der Waals surface area contributed by atoms with Gasteiger partial charge in [-0.15, -0.1) is 0 Å². The maximum absolute atomic E-state index is 13.2. The maximum atomic E-state index is 13.2. The summed E-state index contributed by atoms with van der Waals surface area (Å²) < 4.78 is 31.3. The number of nitrogens with zero attached hydrogens (tertiary/aromatic N) is 1. The minimum Gasteiger partial charge on any atom is -0.426 e. The molecule has 0 unspecified atom stereocenters. The summed E-state index contributed by atoms with van der Waals surface area (Å²) in [6.45, 7) is 1.62. The predicted molar refractivity (Wildman–Crippen MR) is 74.0 cm³/mol. The van der Waals surface area contributed by atoms with Crippen LogP contribution >= 0.6 is 0 Å². The van der Waals surface area contributed by atoms with Gasteiger partial charge in [-0.1, -0.05) is 13.3 Å². The predicted octanol–water partition coefficient (Wildman–Crippen LogP) is 2.16. The molecule has 0 radical (unpaired) electrons. The molecule has 1 aliphatic rings. The summed E-state index contributed by atoms with van der Waals surface area (Å²) in [4.78, 5) is 36.4. The number of carbonyl (C=O) groups excluding carboxylic acids is 2. The molecule has 0 spiro atoms. The van der Waals surface area contributed by atoms with E-state index in [2.05, 4.69) is 0 Å². The lowest BCUT2D eigenvalue weighted by molar-refractivity contribution is -0.132. The van der Waals surface area contributed by atoms with Gasteiger partial charge in [0.25, 0.3) is 11.8 Å². The zero-order valence-electron chi connectivity index (χ0n) is 12.4. The Bertz CT molecular complexity index is 660. The summed E-state index contributed by atoms with van der Waals surface area (Å²) in [5.41, 5.74) is -0.105.